The van der Waals surface area contributed by atoms with Crippen LogP contribution >= 0.6 is 0 Å². The summed E-state index contributed by atoms with van der Waals surface area (Å²) in [6.07, 6.45) is 0. The van der Waals surface area contributed by atoms with Crippen LogP contribution in [-0.2, 0) is 7.05 Å². The van der Waals surface area contributed by atoms with Crippen LogP contribution < -0.4 is 15.2 Å². The molecule has 2 aromatic heterocycles. The zero-order chi connectivity index (χ0) is 13.3. The van der Waals surface area contributed by atoms with E-state index in [1.807, 2.05) is 20.9 Å². The number of hydrogen-bond donors (Lipinski definition) is 1. The molecule has 18 heavy (non-hydrogen) atoms. The lowest BCUT2D eigenvalue weighted by Crippen LogP contribution is -2.00. The summed E-state index contributed by atoms with van der Waals surface area (Å²) in [5.41, 5.74) is 7.26. The fraction of sp³-hybridized carbons (Fsp3) is 0.364. The average molecular weight is 249 g/mol. The number of anilines is 1. The first-order chi connectivity index (χ1) is 8.51. The number of nitrogens with two attached hydrogens (primary N) is 1. The van der Waals surface area contributed by atoms with Crippen LogP contribution in [0.25, 0.3) is 0 Å². The molecule has 2 N–H and O–H groups in total. The SMILES string of the molecule is COc1cc(Oc2c(C)nn(C)c2C)nc(N)n1. The monoisotopic (exact) mass is 249 g/mol. The maximum Gasteiger partial charge on any atom is 0.228 e. The molecule has 0 aliphatic rings. The number of methoxy groups -OCH3 is 1. The Balaban J connectivity index is 2.36. The molecule has 0 spiro atoms. The van der Waals surface area contributed by atoms with Crippen LogP contribution in [0.5, 0.6) is 17.5 Å². The third-order valence-electron chi connectivity index (χ3n) is 2.55. The summed E-state index contributed by atoms with van der Waals surface area (Å²) in [4.78, 5) is 7.88. The summed E-state index contributed by atoms with van der Waals surface area (Å²) in [5, 5.41) is 4.26. The van der Waals surface area contributed by atoms with Crippen molar-refractivity contribution in [2.75, 3.05) is 12.8 Å². The van der Waals surface area contributed by atoms with E-state index in [2.05, 4.69) is 15.1 Å². The van der Waals surface area contributed by atoms with Gasteiger partial charge in [0.2, 0.25) is 17.7 Å². The predicted octanol–water partition coefficient (Wildman–Crippen LogP) is 1.21. The van der Waals surface area contributed by atoms with Crippen LogP contribution in [0.3, 0.4) is 0 Å². The van der Waals surface area contributed by atoms with Crippen LogP contribution in [-0.4, -0.2) is 26.9 Å². The molecule has 7 heteroatoms. The highest BCUT2D eigenvalue weighted by Crippen LogP contribution is 2.28. The molecule has 0 aliphatic carbocycles. The Labute approximate surface area is 105 Å². The summed E-state index contributed by atoms with van der Waals surface area (Å²) >= 11 is 0. The molecule has 96 valence electrons. The van der Waals surface area contributed by atoms with Gasteiger partial charge in [0.15, 0.2) is 5.75 Å². The van der Waals surface area contributed by atoms with Crippen molar-refractivity contribution in [1.82, 2.24) is 19.7 Å². The van der Waals surface area contributed by atoms with Gasteiger partial charge in [0.25, 0.3) is 0 Å². The molecule has 0 bridgehead atoms. The molecule has 0 fully saturated rings. The van der Waals surface area contributed by atoms with Gasteiger partial charge < -0.3 is 15.2 Å². The van der Waals surface area contributed by atoms with Gasteiger partial charge in [0, 0.05) is 7.05 Å². The van der Waals surface area contributed by atoms with E-state index < -0.39 is 0 Å². The highest BCUT2D eigenvalue weighted by Gasteiger charge is 2.13. The van der Waals surface area contributed by atoms with Crippen LogP contribution in [0.2, 0.25) is 0 Å². The Morgan fingerprint density at radius 3 is 2.44 bits per heavy atom. The van der Waals surface area contributed by atoms with E-state index in [1.54, 1.807) is 10.7 Å². The molecule has 0 unspecified atom stereocenters. The van der Waals surface area contributed by atoms with E-state index >= 15 is 0 Å². The molecule has 0 radical (unpaired) electrons. The van der Waals surface area contributed by atoms with Crippen LogP contribution in [0, 0.1) is 13.8 Å². The minimum Gasteiger partial charge on any atom is -0.481 e. The fourth-order valence-corrected chi connectivity index (χ4v) is 1.58. The maximum atomic E-state index is 5.69. The van der Waals surface area contributed by atoms with Gasteiger partial charge in [0.05, 0.1) is 18.9 Å². The zero-order valence-electron chi connectivity index (χ0n) is 10.8. The zero-order valence-corrected chi connectivity index (χ0v) is 10.8. The van der Waals surface area contributed by atoms with Crippen LogP contribution in [0.4, 0.5) is 5.95 Å². The average Bonchev–Trinajstić information content (AvgIpc) is 2.55. The molecule has 0 amide bonds. The van der Waals surface area contributed by atoms with E-state index in [1.165, 1.54) is 7.11 Å². The molecule has 2 heterocycles. The molecule has 0 aromatic carbocycles. The third kappa shape index (κ3) is 2.20. The lowest BCUT2D eigenvalue weighted by molar-refractivity contribution is 0.388. The Morgan fingerprint density at radius 1 is 1.22 bits per heavy atom. The van der Waals surface area contributed by atoms with Crippen molar-refractivity contribution in [1.29, 1.82) is 0 Å². The summed E-state index contributed by atoms with van der Waals surface area (Å²) in [6, 6.07) is 1.57. The first-order valence-corrected chi connectivity index (χ1v) is 5.38. The third-order valence-corrected chi connectivity index (χ3v) is 2.55. The molecule has 0 saturated carbocycles. The van der Waals surface area contributed by atoms with Gasteiger partial charge in [0.1, 0.15) is 5.69 Å². The van der Waals surface area contributed by atoms with Gasteiger partial charge in [-0.25, -0.2) is 0 Å². The predicted molar refractivity (Wildman–Crippen MR) is 65.8 cm³/mol. The van der Waals surface area contributed by atoms with Gasteiger partial charge >= 0.3 is 0 Å². The van der Waals surface area contributed by atoms with Crippen molar-refractivity contribution in [2.45, 2.75) is 13.8 Å². The number of ether oxygens (including phenoxy) is 2. The Morgan fingerprint density at radius 2 is 1.89 bits per heavy atom. The molecular weight excluding hydrogens is 234 g/mol. The van der Waals surface area contributed by atoms with Crippen molar-refractivity contribution in [3.05, 3.63) is 17.5 Å². The minimum absolute atomic E-state index is 0.101. The first kappa shape index (κ1) is 12.2. The molecule has 2 rings (SSSR count). The van der Waals surface area contributed by atoms with E-state index in [4.69, 9.17) is 15.2 Å². The van der Waals surface area contributed by atoms with Crippen molar-refractivity contribution in [3.63, 3.8) is 0 Å². The molecule has 7 nitrogen and oxygen atoms in total. The highest BCUT2D eigenvalue weighted by molar-refractivity contribution is 5.37. The van der Waals surface area contributed by atoms with Crippen molar-refractivity contribution >= 4 is 5.95 Å². The second-order valence-electron chi connectivity index (χ2n) is 3.83. The van der Waals surface area contributed by atoms with Crippen molar-refractivity contribution in [2.24, 2.45) is 7.05 Å². The number of hydrogen-bond acceptors (Lipinski definition) is 6. The Bertz CT molecular complexity index is 579. The summed E-state index contributed by atoms with van der Waals surface area (Å²) < 4.78 is 12.4. The van der Waals surface area contributed by atoms with Crippen LogP contribution in [0.1, 0.15) is 11.4 Å². The van der Waals surface area contributed by atoms with E-state index in [9.17, 15) is 0 Å². The van der Waals surface area contributed by atoms with E-state index in [0.29, 0.717) is 17.5 Å². The van der Waals surface area contributed by atoms with Gasteiger partial charge in [-0.2, -0.15) is 15.1 Å². The number of nitrogens with zero attached hydrogens (tertiary/aromatic N) is 4. The standard InChI is InChI=1S/C11H15N5O2/c1-6-10(7(2)16(3)15-6)18-9-5-8(17-4)13-11(12)14-9/h5H,1-4H3,(H2,12,13,14). The van der Waals surface area contributed by atoms with Crippen molar-refractivity contribution in [3.8, 4) is 17.5 Å². The number of aryl methyl sites for hydroxylation is 2. The first-order valence-electron chi connectivity index (χ1n) is 5.38. The largest absolute Gasteiger partial charge is 0.481 e. The summed E-state index contributed by atoms with van der Waals surface area (Å²) in [7, 11) is 3.36. The van der Waals surface area contributed by atoms with Gasteiger partial charge in [-0.15, -0.1) is 0 Å². The topological polar surface area (TPSA) is 88.1 Å². The number of nitrogen functional groups attached to an aromatic ring is 1. The minimum atomic E-state index is 0.101. The molecular formula is C11H15N5O2. The van der Waals surface area contributed by atoms with Gasteiger partial charge in [-0.3, -0.25) is 4.68 Å². The summed E-state index contributed by atoms with van der Waals surface area (Å²) in [5.74, 6) is 1.46. The Kier molecular flexibility index (Phi) is 3.05. The summed E-state index contributed by atoms with van der Waals surface area (Å²) in [6.45, 7) is 3.78. The highest BCUT2D eigenvalue weighted by atomic mass is 16.5. The molecule has 0 saturated heterocycles. The van der Waals surface area contributed by atoms with E-state index in [0.717, 1.165) is 11.4 Å². The number of rotatable bonds is 3. The second kappa shape index (κ2) is 4.52. The van der Waals surface area contributed by atoms with Gasteiger partial charge in [-0.05, 0) is 13.8 Å². The maximum absolute atomic E-state index is 5.69. The number of aromatic nitrogens is 4. The normalized spacial score (nSPS) is 10.4. The lowest BCUT2D eigenvalue weighted by Gasteiger charge is -2.07. The lowest BCUT2D eigenvalue weighted by atomic mass is 10.3. The van der Waals surface area contributed by atoms with Gasteiger partial charge in [-0.1, -0.05) is 0 Å². The second-order valence-corrected chi connectivity index (χ2v) is 3.83. The molecule has 2 aromatic rings. The molecule has 0 aliphatic heterocycles. The Hall–Kier alpha value is -2.31. The van der Waals surface area contributed by atoms with Crippen LogP contribution in [0.15, 0.2) is 6.07 Å². The smallest absolute Gasteiger partial charge is 0.228 e. The molecule has 0 atom stereocenters. The van der Waals surface area contributed by atoms with E-state index in [-0.39, 0.29) is 5.95 Å². The quantitative estimate of drug-likeness (QED) is 0.879. The fourth-order valence-electron chi connectivity index (χ4n) is 1.58. The van der Waals surface area contributed by atoms with Crippen molar-refractivity contribution < 1.29 is 9.47 Å².